The predicted octanol–water partition coefficient (Wildman–Crippen LogP) is 3.84. The second-order valence-electron chi connectivity index (χ2n) is 6.35. The first-order valence-electron chi connectivity index (χ1n) is 9.02. The van der Waals surface area contributed by atoms with Crippen LogP contribution in [0.1, 0.15) is 37.0 Å². The summed E-state index contributed by atoms with van der Waals surface area (Å²) in [6.07, 6.45) is 4.37. The maximum atomic E-state index is 4.77. The molecule has 0 amide bonds. The zero-order chi connectivity index (χ0) is 18.9. The summed E-state index contributed by atoms with van der Waals surface area (Å²) in [6, 6.07) is 8.69. The molecule has 0 atom stereocenters. The smallest absolute Gasteiger partial charge is 0.194 e. The Morgan fingerprint density at radius 2 is 1.96 bits per heavy atom. The van der Waals surface area contributed by atoms with E-state index in [1.165, 1.54) is 10.5 Å². The lowest BCUT2D eigenvalue weighted by atomic mass is 10.2. The summed E-state index contributed by atoms with van der Waals surface area (Å²) in [5.74, 6) is 2.67. The van der Waals surface area contributed by atoms with E-state index in [-0.39, 0.29) is 24.0 Å². The van der Waals surface area contributed by atoms with Crippen molar-refractivity contribution in [2.45, 2.75) is 44.7 Å². The number of nitrogens with zero attached hydrogens (tertiary/aromatic N) is 5. The molecule has 8 heteroatoms. The Morgan fingerprint density at radius 1 is 1.26 bits per heavy atom. The quantitative estimate of drug-likeness (QED) is 0.196. The van der Waals surface area contributed by atoms with Gasteiger partial charge in [-0.25, -0.2) is 4.99 Å². The molecular weight excluding hydrogens is 471 g/mol. The van der Waals surface area contributed by atoms with Gasteiger partial charge in [0.15, 0.2) is 11.8 Å². The maximum absolute atomic E-state index is 4.77. The lowest BCUT2D eigenvalue weighted by Crippen LogP contribution is -2.39. The highest BCUT2D eigenvalue weighted by Gasteiger charge is 2.09. The van der Waals surface area contributed by atoms with Crippen molar-refractivity contribution in [1.29, 1.82) is 0 Å². The molecule has 1 aromatic heterocycles. The van der Waals surface area contributed by atoms with E-state index in [9.17, 15) is 0 Å². The van der Waals surface area contributed by atoms with Crippen molar-refractivity contribution in [2.75, 3.05) is 19.8 Å². The van der Waals surface area contributed by atoms with E-state index in [1.807, 2.05) is 18.5 Å². The third-order valence-corrected chi connectivity index (χ3v) is 5.05. The van der Waals surface area contributed by atoms with E-state index in [0.717, 1.165) is 43.5 Å². The molecule has 1 N–H and O–H groups in total. The molecule has 2 aromatic rings. The van der Waals surface area contributed by atoms with Gasteiger partial charge in [-0.3, -0.25) is 0 Å². The molecular formula is C19H31IN6S. The highest BCUT2D eigenvalue weighted by atomic mass is 127. The first-order chi connectivity index (χ1) is 12.5. The van der Waals surface area contributed by atoms with E-state index in [4.69, 9.17) is 4.99 Å². The van der Waals surface area contributed by atoms with Gasteiger partial charge in [-0.2, -0.15) is 0 Å². The monoisotopic (exact) mass is 502 g/mol. The van der Waals surface area contributed by atoms with Crippen LogP contribution in [0.15, 0.2) is 34.2 Å². The number of hydrogen-bond donors (Lipinski definition) is 1. The molecule has 0 spiro atoms. The number of halogens is 1. The van der Waals surface area contributed by atoms with Crippen LogP contribution in [0.4, 0.5) is 0 Å². The van der Waals surface area contributed by atoms with Crippen LogP contribution in [0.5, 0.6) is 0 Å². The summed E-state index contributed by atoms with van der Waals surface area (Å²) in [4.78, 5) is 8.21. The second kappa shape index (κ2) is 12.2. The molecule has 27 heavy (non-hydrogen) atoms. The average molecular weight is 502 g/mol. The van der Waals surface area contributed by atoms with Crippen molar-refractivity contribution < 1.29 is 0 Å². The number of nitrogens with one attached hydrogen (secondary N) is 1. The number of unbranched alkanes of at least 4 members (excludes halogenated alkanes) is 1. The number of rotatable bonds is 8. The minimum atomic E-state index is 0. The molecule has 0 aliphatic rings. The fourth-order valence-electron chi connectivity index (χ4n) is 2.50. The van der Waals surface area contributed by atoms with Gasteiger partial charge in [0.05, 0.1) is 0 Å². The van der Waals surface area contributed by atoms with Gasteiger partial charge in [0.25, 0.3) is 0 Å². The average Bonchev–Trinajstić information content (AvgIpc) is 2.97. The maximum Gasteiger partial charge on any atom is 0.194 e. The largest absolute Gasteiger partial charge is 0.356 e. The number of aromatic nitrogens is 3. The van der Waals surface area contributed by atoms with Crippen molar-refractivity contribution in [3.63, 3.8) is 0 Å². The molecule has 0 aliphatic carbocycles. The standard InChI is InChI=1S/C19H30N6S.HI/c1-6-7-12-20-19(21-13-18-23-22-15(2)25(18)4)24(3)14-16-8-10-17(26-5)11-9-16;/h8-11H,6-7,12-14H2,1-5H3,(H,20,21);1H. The summed E-state index contributed by atoms with van der Waals surface area (Å²) in [5, 5.41) is 11.8. The fourth-order valence-corrected chi connectivity index (χ4v) is 2.91. The van der Waals surface area contributed by atoms with E-state index in [2.05, 4.69) is 64.9 Å². The third-order valence-electron chi connectivity index (χ3n) is 4.31. The molecule has 0 radical (unpaired) electrons. The van der Waals surface area contributed by atoms with Crippen LogP contribution in [-0.2, 0) is 20.1 Å². The summed E-state index contributed by atoms with van der Waals surface area (Å²) in [6.45, 7) is 6.39. The number of thioether (sulfide) groups is 1. The van der Waals surface area contributed by atoms with Crippen molar-refractivity contribution in [2.24, 2.45) is 12.0 Å². The summed E-state index contributed by atoms with van der Waals surface area (Å²) >= 11 is 1.76. The summed E-state index contributed by atoms with van der Waals surface area (Å²) in [7, 11) is 4.05. The van der Waals surface area contributed by atoms with Crippen LogP contribution in [0.2, 0.25) is 0 Å². The van der Waals surface area contributed by atoms with E-state index in [1.54, 1.807) is 11.8 Å². The number of aliphatic imine (C=N–C) groups is 1. The van der Waals surface area contributed by atoms with Gasteiger partial charge in [0, 0.05) is 32.1 Å². The minimum absolute atomic E-state index is 0. The van der Waals surface area contributed by atoms with Gasteiger partial charge in [-0.1, -0.05) is 25.5 Å². The number of aryl methyl sites for hydroxylation is 1. The van der Waals surface area contributed by atoms with Gasteiger partial charge in [-0.05, 0) is 37.3 Å². The van der Waals surface area contributed by atoms with Crippen LogP contribution in [-0.4, -0.2) is 45.5 Å². The normalized spacial score (nSPS) is 11.2. The first-order valence-corrected chi connectivity index (χ1v) is 10.2. The lowest BCUT2D eigenvalue weighted by Gasteiger charge is -2.22. The topological polar surface area (TPSA) is 58.3 Å². The van der Waals surface area contributed by atoms with Crippen LogP contribution in [0, 0.1) is 6.92 Å². The van der Waals surface area contributed by atoms with Crippen LogP contribution in [0.3, 0.4) is 0 Å². The molecule has 6 nitrogen and oxygen atoms in total. The van der Waals surface area contributed by atoms with Gasteiger partial charge < -0.3 is 14.8 Å². The Balaban J connectivity index is 0.00000364. The van der Waals surface area contributed by atoms with Crippen molar-refractivity contribution in [3.8, 4) is 0 Å². The van der Waals surface area contributed by atoms with Crippen molar-refractivity contribution >= 4 is 41.7 Å². The SMILES string of the molecule is CCCCNC(=NCc1nnc(C)n1C)N(C)Cc1ccc(SC)cc1.I. The molecule has 0 fully saturated rings. The zero-order valence-corrected chi connectivity index (χ0v) is 20.0. The molecule has 150 valence electrons. The number of hydrogen-bond acceptors (Lipinski definition) is 4. The molecule has 0 saturated carbocycles. The molecule has 0 unspecified atom stereocenters. The minimum Gasteiger partial charge on any atom is -0.356 e. The Bertz CT molecular complexity index is 713. The summed E-state index contributed by atoms with van der Waals surface area (Å²) < 4.78 is 1.98. The van der Waals surface area contributed by atoms with Gasteiger partial charge in [0.1, 0.15) is 12.4 Å². The van der Waals surface area contributed by atoms with Crippen LogP contribution in [0.25, 0.3) is 0 Å². The molecule has 0 bridgehead atoms. The van der Waals surface area contributed by atoms with Crippen molar-refractivity contribution in [1.82, 2.24) is 25.0 Å². The van der Waals surface area contributed by atoms with Gasteiger partial charge in [-0.15, -0.1) is 45.9 Å². The van der Waals surface area contributed by atoms with Crippen LogP contribution >= 0.6 is 35.7 Å². The summed E-state index contributed by atoms with van der Waals surface area (Å²) in [5.41, 5.74) is 1.27. The van der Waals surface area contributed by atoms with Crippen molar-refractivity contribution in [3.05, 3.63) is 41.5 Å². The Hall–Kier alpha value is -1.29. The van der Waals surface area contributed by atoms with E-state index >= 15 is 0 Å². The van der Waals surface area contributed by atoms with E-state index in [0.29, 0.717) is 6.54 Å². The second-order valence-corrected chi connectivity index (χ2v) is 7.23. The van der Waals surface area contributed by atoms with Crippen LogP contribution < -0.4 is 5.32 Å². The lowest BCUT2D eigenvalue weighted by molar-refractivity contribution is 0.472. The fraction of sp³-hybridized carbons (Fsp3) is 0.526. The number of guanidine groups is 1. The highest BCUT2D eigenvalue weighted by molar-refractivity contribution is 14.0. The van der Waals surface area contributed by atoms with Gasteiger partial charge in [0.2, 0.25) is 0 Å². The highest BCUT2D eigenvalue weighted by Crippen LogP contribution is 2.15. The molecule has 2 rings (SSSR count). The van der Waals surface area contributed by atoms with Gasteiger partial charge >= 0.3 is 0 Å². The molecule has 0 aliphatic heterocycles. The Morgan fingerprint density at radius 3 is 2.52 bits per heavy atom. The number of benzene rings is 1. The first kappa shape index (κ1) is 23.7. The van der Waals surface area contributed by atoms with E-state index < -0.39 is 0 Å². The Kier molecular flexibility index (Phi) is 10.8. The third kappa shape index (κ3) is 7.33. The zero-order valence-electron chi connectivity index (χ0n) is 16.9. The predicted molar refractivity (Wildman–Crippen MR) is 125 cm³/mol. The Labute approximate surface area is 184 Å². The molecule has 1 aromatic carbocycles. The molecule has 1 heterocycles. The molecule has 0 saturated heterocycles.